The maximum atomic E-state index is 14.8. The predicted molar refractivity (Wildman–Crippen MR) is 144 cm³/mol. The summed E-state index contributed by atoms with van der Waals surface area (Å²) in [5.41, 5.74) is -1.48. The summed E-state index contributed by atoms with van der Waals surface area (Å²) in [6.45, 7) is 8.82. The van der Waals surface area contributed by atoms with Crippen molar-refractivity contribution < 1.29 is 46.0 Å². The molecule has 0 radical (unpaired) electrons. The van der Waals surface area contributed by atoms with Crippen molar-refractivity contribution >= 4 is 35.8 Å². The molecule has 0 spiro atoms. The van der Waals surface area contributed by atoms with Gasteiger partial charge in [-0.3, -0.25) is 4.79 Å². The molecular formula is C27H30BF5N4O5. The van der Waals surface area contributed by atoms with Gasteiger partial charge in [-0.25, -0.2) is 18.6 Å². The van der Waals surface area contributed by atoms with Crippen LogP contribution < -0.4 is 16.1 Å². The van der Waals surface area contributed by atoms with Crippen LogP contribution in [-0.2, 0) is 20.5 Å². The lowest BCUT2D eigenvalue weighted by molar-refractivity contribution is -0.143. The quantitative estimate of drug-likeness (QED) is 0.252. The fraction of sp³-hybridized carbons (Fsp3) is 0.444. The maximum Gasteiger partial charge on any atom is 0.498 e. The number of aliphatic carboxylic acids is 1. The third-order valence-electron chi connectivity index (χ3n) is 7.60. The number of aromatic nitrogens is 2. The van der Waals surface area contributed by atoms with Gasteiger partial charge in [0.1, 0.15) is 34.9 Å². The summed E-state index contributed by atoms with van der Waals surface area (Å²) >= 11 is 0. The largest absolute Gasteiger partial charge is 0.498 e. The fourth-order valence-corrected chi connectivity index (χ4v) is 4.54. The fourth-order valence-electron chi connectivity index (χ4n) is 4.54. The molecule has 42 heavy (non-hydrogen) atoms. The molecule has 226 valence electrons. The van der Waals surface area contributed by atoms with E-state index in [9.17, 15) is 36.6 Å². The van der Waals surface area contributed by atoms with E-state index in [0.29, 0.717) is 28.9 Å². The first-order valence-electron chi connectivity index (χ1n) is 13.1. The van der Waals surface area contributed by atoms with Crippen LogP contribution in [0.4, 0.5) is 27.6 Å². The Morgan fingerprint density at radius 2 is 1.69 bits per heavy atom. The van der Waals surface area contributed by atoms with Gasteiger partial charge in [-0.15, -0.1) is 0 Å². The van der Waals surface area contributed by atoms with Gasteiger partial charge >= 0.3 is 19.3 Å². The number of rotatable bonds is 9. The molecule has 1 aliphatic rings. The predicted octanol–water partition coefficient (Wildman–Crippen LogP) is 4.09. The van der Waals surface area contributed by atoms with Crippen LogP contribution in [0.3, 0.4) is 0 Å². The Morgan fingerprint density at radius 3 is 2.21 bits per heavy atom. The second-order valence-electron chi connectivity index (χ2n) is 11.0. The third kappa shape index (κ3) is 6.07. The van der Waals surface area contributed by atoms with Crippen LogP contribution in [0, 0.1) is 11.6 Å². The third-order valence-corrected chi connectivity index (χ3v) is 7.60. The lowest BCUT2D eigenvalue weighted by atomic mass is 9.79. The van der Waals surface area contributed by atoms with Crippen LogP contribution in [-0.4, -0.2) is 62.9 Å². The molecule has 1 aromatic carbocycles. The molecule has 3 aromatic rings. The Balaban J connectivity index is 1.56. The highest BCUT2D eigenvalue weighted by Crippen LogP contribution is 2.36. The summed E-state index contributed by atoms with van der Waals surface area (Å²) in [6, 6.07) is 0.664. The SMILES string of the molecule is CC[C@@H](Nc1cc(F)c(C(=O)N[C@@H](Cc2ccc(B3OC(C)(C)C(C)(C)O3)c3nccn23)C(=O)O)c(F)c1)C(F)(F)F. The summed E-state index contributed by atoms with van der Waals surface area (Å²) in [5, 5.41) is 13.9. The van der Waals surface area contributed by atoms with E-state index in [2.05, 4.69) is 10.3 Å². The number of carboxylic acid groups (broad SMARTS) is 1. The number of carbonyl (C=O) groups is 2. The van der Waals surface area contributed by atoms with Crippen molar-refractivity contribution in [1.82, 2.24) is 14.7 Å². The van der Waals surface area contributed by atoms with Crippen LogP contribution in [0.5, 0.6) is 0 Å². The molecule has 1 amide bonds. The van der Waals surface area contributed by atoms with Gasteiger partial charge in [0.2, 0.25) is 0 Å². The van der Waals surface area contributed by atoms with Crippen molar-refractivity contribution in [3.8, 4) is 0 Å². The summed E-state index contributed by atoms with van der Waals surface area (Å²) in [7, 11) is -0.754. The average Bonchev–Trinajstić information content (AvgIpc) is 3.43. The number of carbonyl (C=O) groups excluding carboxylic acids is 1. The van der Waals surface area contributed by atoms with E-state index >= 15 is 0 Å². The van der Waals surface area contributed by atoms with E-state index in [1.807, 2.05) is 33.0 Å². The molecule has 9 nitrogen and oxygen atoms in total. The minimum absolute atomic E-state index is 0.301. The van der Waals surface area contributed by atoms with Crippen LogP contribution >= 0.6 is 0 Å². The van der Waals surface area contributed by atoms with Gasteiger partial charge in [-0.1, -0.05) is 13.0 Å². The number of alkyl halides is 3. The minimum atomic E-state index is -4.67. The molecule has 0 unspecified atom stereocenters. The smallest absolute Gasteiger partial charge is 0.480 e. The number of anilines is 1. The van der Waals surface area contributed by atoms with Gasteiger partial charge in [-0.05, 0) is 52.3 Å². The molecule has 2 atom stereocenters. The highest BCUT2D eigenvalue weighted by Gasteiger charge is 2.52. The average molecular weight is 596 g/mol. The molecule has 3 N–H and O–H groups in total. The minimum Gasteiger partial charge on any atom is -0.480 e. The molecule has 15 heteroatoms. The van der Waals surface area contributed by atoms with E-state index in [4.69, 9.17) is 9.31 Å². The highest BCUT2D eigenvalue weighted by molar-refractivity contribution is 6.64. The van der Waals surface area contributed by atoms with Crippen LogP contribution in [0.1, 0.15) is 57.1 Å². The van der Waals surface area contributed by atoms with Crippen molar-refractivity contribution in [1.29, 1.82) is 0 Å². The highest BCUT2D eigenvalue weighted by atomic mass is 19.4. The lowest BCUT2D eigenvalue weighted by Crippen LogP contribution is -2.43. The molecule has 0 saturated carbocycles. The molecule has 2 aromatic heterocycles. The number of nitrogens with zero attached hydrogens (tertiary/aromatic N) is 2. The van der Waals surface area contributed by atoms with E-state index < -0.39 is 77.8 Å². The standard InChI is InChI=1S/C27H30BF5N4O5/c1-6-20(27(31,32)33)35-14-11-17(29)21(18(30)12-14)23(38)36-19(24(39)40)13-15-7-8-16(22-34-9-10-37(15)22)28-41-25(2,3)26(4,5)42-28/h7-12,19-20,35H,6,13H2,1-5H3,(H,36,38)(H,39,40)/t19-,20+/m0/s1. The lowest BCUT2D eigenvalue weighted by Gasteiger charge is -2.32. The summed E-state index contributed by atoms with van der Waals surface area (Å²) in [5.74, 6) is -5.79. The number of imidazole rings is 1. The van der Waals surface area contributed by atoms with Crippen molar-refractivity contribution in [3.05, 3.63) is 59.6 Å². The number of nitrogens with one attached hydrogen (secondary N) is 2. The first kappa shape index (κ1) is 31.2. The Hall–Kier alpha value is -3.72. The van der Waals surface area contributed by atoms with Crippen LogP contribution in [0.25, 0.3) is 5.65 Å². The van der Waals surface area contributed by atoms with Gasteiger partial charge in [0.05, 0.1) is 11.2 Å². The van der Waals surface area contributed by atoms with E-state index in [1.165, 1.54) is 13.1 Å². The molecule has 0 aliphatic carbocycles. The molecule has 1 fully saturated rings. The second-order valence-corrected chi connectivity index (χ2v) is 11.0. The van der Waals surface area contributed by atoms with Crippen molar-refractivity contribution in [2.45, 2.75) is 76.9 Å². The van der Waals surface area contributed by atoms with Crippen molar-refractivity contribution in [3.63, 3.8) is 0 Å². The summed E-state index contributed by atoms with van der Waals surface area (Å²) in [4.78, 5) is 29.2. The molecule has 1 aliphatic heterocycles. The molecular weight excluding hydrogens is 566 g/mol. The second kappa shape index (κ2) is 11.2. The van der Waals surface area contributed by atoms with E-state index in [1.54, 1.807) is 22.7 Å². The Bertz CT molecular complexity index is 1470. The first-order valence-corrected chi connectivity index (χ1v) is 13.1. The number of carboxylic acids is 1. The number of pyridine rings is 1. The molecule has 0 bridgehead atoms. The number of hydrogen-bond donors (Lipinski definition) is 3. The van der Waals surface area contributed by atoms with Gasteiger partial charge in [0.15, 0.2) is 0 Å². The number of hydrogen-bond acceptors (Lipinski definition) is 6. The maximum absolute atomic E-state index is 14.8. The van der Waals surface area contributed by atoms with Crippen LogP contribution in [0.15, 0.2) is 36.7 Å². The van der Waals surface area contributed by atoms with Crippen molar-refractivity contribution in [2.24, 2.45) is 0 Å². The number of halogens is 5. The van der Waals surface area contributed by atoms with Gasteiger partial charge in [-0.2, -0.15) is 13.2 Å². The Labute approximate surface area is 238 Å². The topological polar surface area (TPSA) is 114 Å². The van der Waals surface area contributed by atoms with E-state index in [0.717, 1.165) is 0 Å². The van der Waals surface area contributed by atoms with Crippen molar-refractivity contribution in [2.75, 3.05) is 5.32 Å². The monoisotopic (exact) mass is 596 g/mol. The summed E-state index contributed by atoms with van der Waals surface area (Å²) in [6.07, 6.45) is -2.31. The summed E-state index contributed by atoms with van der Waals surface area (Å²) < 4.78 is 82.5. The zero-order valence-corrected chi connectivity index (χ0v) is 23.5. The Morgan fingerprint density at radius 1 is 1.10 bits per heavy atom. The number of benzene rings is 1. The van der Waals surface area contributed by atoms with Crippen LogP contribution in [0.2, 0.25) is 0 Å². The number of amides is 1. The van der Waals surface area contributed by atoms with Gasteiger partial charge < -0.3 is 29.4 Å². The molecule has 4 rings (SSSR count). The molecule has 3 heterocycles. The van der Waals surface area contributed by atoms with Gasteiger partial charge in [0, 0.05) is 35.7 Å². The van der Waals surface area contributed by atoms with Gasteiger partial charge in [0.25, 0.3) is 5.91 Å². The Kier molecular flexibility index (Phi) is 8.31. The zero-order chi connectivity index (χ0) is 31.2. The zero-order valence-electron chi connectivity index (χ0n) is 23.5. The first-order chi connectivity index (χ1) is 19.4. The number of fused-ring (bicyclic) bond motifs is 1. The van der Waals surface area contributed by atoms with E-state index in [-0.39, 0.29) is 6.42 Å². The molecule has 1 saturated heterocycles. The normalized spacial score (nSPS) is 17.7.